The van der Waals surface area contributed by atoms with Gasteiger partial charge in [-0.25, -0.2) is 15.0 Å². The second kappa shape index (κ2) is 10.7. The Morgan fingerprint density at radius 1 is 0.417 bits per heavy atom. The number of hydrogen-bond donors (Lipinski definition) is 0. The Morgan fingerprint density at radius 2 is 1.00 bits per heavy atom. The molecule has 0 unspecified atom stereocenters. The fraction of sp³-hybridized carbons (Fsp3) is 0. The molecule has 10 aromatic rings. The molecule has 0 aliphatic heterocycles. The van der Waals surface area contributed by atoms with Gasteiger partial charge in [-0.3, -0.25) is 0 Å². The van der Waals surface area contributed by atoms with E-state index < -0.39 is 0 Å². The van der Waals surface area contributed by atoms with E-state index in [9.17, 15) is 0 Å². The quantitative estimate of drug-likeness (QED) is 0.194. The maximum Gasteiger partial charge on any atom is 0.166 e. The highest BCUT2D eigenvalue weighted by atomic mass is 32.1. The maximum absolute atomic E-state index is 5.22. The topological polar surface area (TPSA) is 43.6 Å². The Bertz CT molecular complexity index is 2780. The third kappa shape index (κ3) is 4.18. The molecule has 7 aromatic carbocycles. The van der Waals surface area contributed by atoms with Crippen molar-refractivity contribution in [1.29, 1.82) is 0 Å². The Kier molecular flexibility index (Phi) is 6.01. The predicted molar refractivity (Wildman–Crippen MR) is 201 cm³/mol. The van der Waals surface area contributed by atoms with Crippen LogP contribution in [0.4, 0.5) is 0 Å². The van der Waals surface area contributed by atoms with Gasteiger partial charge in [-0.2, -0.15) is 0 Å². The second-order valence-corrected chi connectivity index (χ2v) is 13.1. The number of nitrogens with zero attached hydrogens (tertiary/aromatic N) is 4. The van der Waals surface area contributed by atoms with Crippen LogP contribution >= 0.6 is 11.3 Å². The van der Waals surface area contributed by atoms with Crippen molar-refractivity contribution in [3.8, 4) is 39.9 Å². The maximum atomic E-state index is 5.22. The molecule has 224 valence electrons. The van der Waals surface area contributed by atoms with E-state index >= 15 is 0 Å². The van der Waals surface area contributed by atoms with Crippen molar-refractivity contribution >= 4 is 64.1 Å². The molecule has 48 heavy (non-hydrogen) atoms. The molecular weight excluding hydrogens is 605 g/mol. The van der Waals surface area contributed by atoms with Crippen LogP contribution in [0.25, 0.3) is 92.6 Å². The number of para-hydroxylation sites is 1. The van der Waals surface area contributed by atoms with E-state index in [0.29, 0.717) is 17.5 Å². The summed E-state index contributed by atoms with van der Waals surface area (Å²) in [5.74, 6) is 1.93. The molecule has 0 spiro atoms. The Labute approximate surface area is 280 Å². The molecule has 0 saturated carbocycles. The summed E-state index contributed by atoms with van der Waals surface area (Å²) in [5.41, 5.74) is 6.23. The summed E-state index contributed by atoms with van der Waals surface area (Å²) in [6.07, 6.45) is 0. The summed E-state index contributed by atoms with van der Waals surface area (Å²) in [4.78, 5) is 15.4. The first kappa shape index (κ1) is 27.0. The average Bonchev–Trinajstić information content (AvgIpc) is 3.69. The van der Waals surface area contributed by atoms with Gasteiger partial charge in [0.05, 0.1) is 16.7 Å². The monoisotopic (exact) mass is 630 g/mol. The van der Waals surface area contributed by atoms with Crippen LogP contribution in [-0.4, -0.2) is 19.5 Å². The molecule has 4 nitrogen and oxygen atoms in total. The average molecular weight is 631 g/mol. The summed E-state index contributed by atoms with van der Waals surface area (Å²) in [5, 5.41) is 7.29. The standard InChI is InChI=1S/C43H26N4S/c1-3-13-27(14-4-1)41-44-42(28-15-5-2-6-16-28)46-43(45-41)33-23-24-38-39(32-20-10-12-22-37(32)48-38)40(33)47-35-21-11-9-19-31(35)34-25-29-17-7-8-18-30(29)26-36(34)47/h1-26H. The predicted octanol–water partition coefficient (Wildman–Crippen LogP) is 11.5. The SMILES string of the molecule is c1ccc(-c2nc(-c3ccccc3)nc(-c3ccc4sc5ccccc5c4c3-n3c4ccccc4c4cc5ccccc5cc43)n2)cc1. The summed E-state index contributed by atoms with van der Waals surface area (Å²) in [7, 11) is 0. The number of fused-ring (bicyclic) bond motifs is 7. The van der Waals surface area contributed by atoms with Gasteiger partial charge in [-0.05, 0) is 47.2 Å². The minimum absolute atomic E-state index is 0.640. The molecule has 5 heteroatoms. The van der Waals surface area contributed by atoms with Crippen LogP contribution in [0.1, 0.15) is 0 Å². The van der Waals surface area contributed by atoms with Gasteiger partial charge in [-0.1, -0.05) is 121 Å². The van der Waals surface area contributed by atoms with Crippen molar-refractivity contribution in [2.24, 2.45) is 0 Å². The molecule has 10 rings (SSSR count). The highest BCUT2D eigenvalue weighted by Crippen LogP contribution is 2.45. The van der Waals surface area contributed by atoms with E-state index in [0.717, 1.165) is 33.4 Å². The van der Waals surface area contributed by atoms with E-state index in [1.165, 1.54) is 41.7 Å². The lowest BCUT2D eigenvalue weighted by Gasteiger charge is -2.16. The molecular formula is C43H26N4S. The molecule has 0 amide bonds. The lowest BCUT2D eigenvalue weighted by atomic mass is 10.0. The summed E-state index contributed by atoms with van der Waals surface area (Å²) in [6.45, 7) is 0. The van der Waals surface area contributed by atoms with Gasteiger partial charge >= 0.3 is 0 Å². The van der Waals surface area contributed by atoms with Crippen LogP contribution in [-0.2, 0) is 0 Å². The van der Waals surface area contributed by atoms with Crippen molar-refractivity contribution in [2.45, 2.75) is 0 Å². The van der Waals surface area contributed by atoms with Crippen LogP contribution in [0.15, 0.2) is 158 Å². The van der Waals surface area contributed by atoms with Gasteiger partial charge in [-0.15, -0.1) is 11.3 Å². The van der Waals surface area contributed by atoms with Gasteiger partial charge in [0.1, 0.15) is 0 Å². The molecule has 0 bridgehead atoms. The van der Waals surface area contributed by atoms with E-state index in [-0.39, 0.29) is 0 Å². The minimum atomic E-state index is 0.640. The molecule has 0 radical (unpaired) electrons. The van der Waals surface area contributed by atoms with E-state index in [4.69, 9.17) is 15.0 Å². The zero-order valence-electron chi connectivity index (χ0n) is 25.7. The van der Waals surface area contributed by atoms with Gasteiger partial charge in [0.25, 0.3) is 0 Å². The first-order chi connectivity index (χ1) is 23.8. The molecule has 0 aliphatic rings. The smallest absolute Gasteiger partial charge is 0.166 e. The number of benzene rings is 7. The van der Waals surface area contributed by atoms with Gasteiger partial charge in [0, 0.05) is 47.6 Å². The molecule has 0 fully saturated rings. The van der Waals surface area contributed by atoms with Crippen LogP contribution in [0, 0.1) is 0 Å². The molecule has 0 N–H and O–H groups in total. The fourth-order valence-corrected chi connectivity index (χ4v) is 8.14. The number of hydrogen-bond acceptors (Lipinski definition) is 4. The third-order valence-corrected chi connectivity index (χ3v) is 10.4. The Hall–Kier alpha value is -6.17. The van der Waals surface area contributed by atoms with Crippen molar-refractivity contribution in [1.82, 2.24) is 19.5 Å². The second-order valence-electron chi connectivity index (χ2n) is 12.0. The fourth-order valence-electron chi connectivity index (χ4n) is 7.04. The van der Waals surface area contributed by atoms with Gasteiger partial charge < -0.3 is 4.57 Å². The number of aromatic nitrogens is 4. The first-order valence-corrected chi connectivity index (χ1v) is 16.9. The lowest BCUT2D eigenvalue weighted by molar-refractivity contribution is 1.07. The highest BCUT2D eigenvalue weighted by molar-refractivity contribution is 7.25. The Morgan fingerprint density at radius 3 is 1.73 bits per heavy atom. The molecule has 3 aromatic heterocycles. The molecule has 0 aliphatic carbocycles. The van der Waals surface area contributed by atoms with Crippen LogP contribution < -0.4 is 0 Å². The largest absolute Gasteiger partial charge is 0.308 e. The summed E-state index contributed by atoms with van der Waals surface area (Å²) >= 11 is 1.82. The van der Waals surface area contributed by atoms with E-state index in [1.54, 1.807) is 0 Å². The van der Waals surface area contributed by atoms with Crippen molar-refractivity contribution in [3.05, 3.63) is 158 Å². The van der Waals surface area contributed by atoms with Crippen molar-refractivity contribution in [3.63, 3.8) is 0 Å². The number of rotatable bonds is 4. The zero-order chi connectivity index (χ0) is 31.6. The molecule has 0 atom stereocenters. The van der Waals surface area contributed by atoms with E-state index in [1.807, 2.05) is 47.7 Å². The van der Waals surface area contributed by atoms with Crippen molar-refractivity contribution < 1.29 is 0 Å². The van der Waals surface area contributed by atoms with Crippen LogP contribution in [0.3, 0.4) is 0 Å². The van der Waals surface area contributed by atoms with Gasteiger partial charge in [0.2, 0.25) is 0 Å². The van der Waals surface area contributed by atoms with Crippen LogP contribution in [0.2, 0.25) is 0 Å². The zero-order valence-corrected chi connectivity index (χ0v) is 26.5. The number of thiophene rings is 1. The highest BCUT2D eigenvalue weighted by Gasteiger charge is 2.23. The normalized spacial score (nSPS) is 11.8. The first-order valence-electron chi connectivity index (χ1n) is 16.0. The van der Waals surface area contributed by atoms with Crippen molar-refractivity contribution in [2.75, 3.05) is 0 Å². The van der Waals surface area contributed by atoms with Gasteiger partial charge in [0.15, 0.2) is 17.5 Å². The third-order valence-electron chi connectivity index (χ3n) is 9.22. The summed E-state index contributed by atoms with van der Waals surface area (Å²) < 4.78 is 4.92. The Balaban J connectivity index is 1.38. The summed E-state index contributed by atoms with van der Waals surface area (Å²) in [6, 6.07) is 55.5. The van der Waals surface area contributed by atoms with E-state index in [2.05, 4.69) is 126 Å². The van der Waals surface area contributed by atoms with Crippen LogP contribution in [0.5, 0.6) is 0 Å². The molecule has 3 heterocycles. The minimum Gasteiger partial charge on any atom is -0.308 e. The molecule has 0 saturated heterocycles. The lowest BCUT2D eigenvalue weighted by Crippen LogP contribution is -2.04.